The van der Waals surface area contributed by atoms with Crippen LogP contribution in [-0.4, -0.2) is 98.5 Å². The van der Waals surface area contributed by atoms with Crippen LogP contribution in [0.3, 0.4) is 0 Å². The maximum atomic E-state index is 11.8. The summed E-state index contributed by atoms with van der Waals surface area (Å²) in [4.78, 5) is 20.1. The Bertz CT molecular complexity index is 611. The normalized spacial score (nSPS) is 23.0. The van der Waals surface area contributed by atoms with E-state index in [1.165, 1.54) is 4.31 Å². The number of nitrogens with one attached hydrogen (secondary N) is 1. The predicted octanol–water partition coefficient (Wildman–Crippen LogP) is -1.52. The Labute approximate surface area is 150 Å². The number of amides is 1. The quantitative estimate of drug-likeness (QED) is 0.447. The number of primary amides is 1. The highest BCUT2D eigenvalue weighted by molar-refractivity contribution is 7.89. The molecule has 2 fully saturated rings. The van der Waals surface area contributed by atoms with Crippen LogP contribution < -0.4 is 11.1 Å². The number of guanidine groups is 1. The van der Waals surface area contributed by atoms with Gasteiger partial charge in [0.25, 0.3) is 0 Å². The number of carbonyl (C=O) groups excluding carboxylic acids is 1. The topological polar surface area (TPSA) is 111 Å². The lowest BCUT2D eigenvalue weighted by atomic mass is 10.0. The van der Waals surface area contributed by atoms with Gasteiger partial charge in [0.15, 0.2) is 5.96 Å². The van der Waals surface area contributed by atoms with Gasteiger partial charge in [0.2, 0.25) is 15.9 Å². The van der Waals surface area contributed by atoms with Crippen molar-refractivity contribution in [3.8, 4) is 0 Å². The zero-order valence-corrected chi connectivity index (χ0v) is 16.2. The molecule has 2 aliphatic heterocycles. The number of hydrogen-bond donors (Lipinski definition) is 2. The van der Waals surface area contributed by atoms with E-state index in [4.69, 9.17) is 5.73 Å². The SMILES string of the molecule is CN=C(NCCN1CCCS1(=O)=O)N1CCN(C(C)(C)C(N)=O)CC1. The number of carbonyl (C=O) groups is 1. The van der Waals surface area contributed by atoms with Crippen LogP contribution in [0.2, 0.25) is 0 Å². The summed E-state index contributed by atoms with van der Waals surface area (Å²) < 4.78 is 25.1. The number of rotatable bonds is 5. The first-order valence-electron chi connectivity index (χ1n) is 8.67. The summed E-state index contributed by atoms with van der Waals surface area (Å²) in [5.74, 6) is 0.683. The molecular formula is C15H30N6O3S. The summed E-state index contributed by atoms with van der Waals surface area (Å²) in [6.45, 7) is 8.17. The molecule has 0 bridgehead atoms. The van der Waals surface area contributed by atoms with Gasteiger partial charge < -0.3 is 16.0 Å². The molecule has 25 heavy (non-hydrogen) atoms. The molecule has 2 saturated heterocycles. The molecule has 0 aliphatic carbocycles. The van der Waals surface area contributed by atoms with Gasteiger partial charge in [-0.15, -0.1) is 0 Å². The Hall–Kier alpha value is -1.39. The molecule has 0 aromatic rings. The Morgan fingerprint density at radius 2 is 1.84 bits per heavy atom. The molecular weight excluding hydrogens is 344 g/mol. The second kappa shape index (κ2) is 7.88. The Balaban J connectivity index is 1.82. The van der Waals surface area contributed by atoms with Crippen LogP contribution in [0.4, 0.5) is 0 Å². The first-order chi connectivity index (χ1) is 11.7. The number of nitrogens with two attached hydrogens (primary N) is 1. The van der Waals surface area contributed by atoms with Gasteiger partial charge >= 0.3 is 0 Å². The molecule has 0 atom stereocenters. The van der Waals surface area contributed by atoms with Gasteiger partial charge in [0.05, 0.1) is 11.3 Å². The standard InChI is InChI=1S/C15H30N6O3S/c1-15(2,13(16)22)20-10-8-19(9-11-20)14(17-3)18-5-7-21-6-4-12-25(21,23)24/h4-12H2,1-3H3,(H2,16,22)(H,17,18). The molecule has 2 rings (SSSR count). The third-order valence-electron chi connectivity index (χ3n) is 5.03. The average Bonchev–Trinajstić information content (AvgIpc) is 2.90. The average molecular weight is 375 g/mol. The van der Waals surface area contributed by atoms with E-state index in [1.54, 1.807) is 7.05 Å². The van der Waals surface area contributed by atoms with Crippen molar-refractivity contribution < 1.29 is 13.2 Å². The molecule has 9 nitrogen and oxygen atoms in total. The monoisotopic (exact) mass is 374 g/mol. The van der Waals surface area contributed by atoms with Gasteiger partial charge in [-0.1, -0.05) is 0 Å². The van der Waals surface area contributed by atoms with Gasteiger partial charge in [-0.05, 0) is 20.3 Å². The lowest BCUT2D eigenvalue weighted by Crippen LogP contribution is -2.61. The second-order valence-corrected chi connectivity index (χ2v) is 9.03. The van der Waals surface area contributed by atoms with Crippen molar-refractivity contribution in [1.82, 2.24) is 19.4 Å². The Kier molecular flexibility index (Phi) is 6.28. The molecule has 10 heteroatoms. The fourth-order valence-electron chi connectivity index (χ4n) is 3.20. The van der Waals surface area contributed by atoms with E-state index in [-0.39, 0.29) is 11.7 Å². The molecule has 0 aromatic heterocycles. The number of sulfonamides is 1. The number of piperazine rings is 1. The third-order valence-corrected chi connectivity index (χ3v) is 6.99. The Morgan fingerprint density at radius 3 is 2.32 bits per heavy atom. The predicted molar refractivity (Wildman–Crippen MR) is 97.8 cm³/mol. The largest absolute Gasteiger partial charge is 0.368 e. The lowest BCUT2D eigenvalue weighted by molar-refractivity contribution is -0.129. The molecule has 144 valence electrons. The van der Waals surface area contributed by atoms with Crippen molar-refractivity contribution in [1.29, 1.82) is 0 Å². The van der Waals surface area contributed by atoms with E-state index >= 15 is 0 Å². The Morgan fingerprint density at radius 1 is 1.20 bits per heavy atom. The summed E-state index contributed by atoms with van der Waals surface area (Å²) in [6.07, 6.45) is 0.703. The van der Waals surface area contributed by atoms with Gasteiger partial charge in [-0.2, -0.15) is 0 Å². The minimum absolute atomic E-state index is 0.249. The van der Waals surface area contributed by atoms with Crippen molar-refractivity contribution >= 4 is 21.9 Å². The van der Waals surface area contributed by atoms with E-state index in [0.717, 1.165) is 32.1 Å². The maximum absolute atomic E-state index is 11.8. The van der Waals surface area contributed by atoms with Crippen LogP contribution in [0, 0.1) is 0 Å². The van der Waals surface area contributed by atoms with Crippen LogP contribution in [0.25, 0.3) is 0 Å². The van der Waals surface area contributed by atoms with E-state index in [9.17, 15) is 13.2 Å². The van der Waals surface area contributed by atoms with E-state index in [1.807, 2.05) is 13.8 Å². The highest BCUT2D eigenvalue weighted by atomic mass is 32.2. The van der Waals surface area contributed by atoms with Gasteiger partial charge in [-0.3, -0.25) is 14.7 Å². The van der Waals surface area contributed by atoms with E-state index in [2.05, 4.69) is 20.1 Å². The maximum Gasteiger partial charge on any atom is 0.237 e. The molecule has 2 aliphatic rings. The first kappa shape index (κ1) is 19.9. The fraction of sp³-hybridized carbons (Fsp3) is 0.867. The first-order valence-corrected chi connectivity index (χ1v) is 10.3. The summed E-state index contributed by atoms with van der Waals surface area (Å²) in [5, 5.41) is 3.24. The molecule has 2 heterocycles. The van der Waals surface area contributed by atoms with Crippen molar-refractivity contribution in [2.75, 3.05) is 58.6 Å². The van der Waals surface area contributed by atoms with Crippen LogP contribution in [0.1, 0.15) is 20.3 Å². The van der Waals surface area contributed by atoms with Gasteiger partial charge in [-0.25, -0.2) is 12.7 Å². The summed E-state index contributed by atoms with van der Waals surface area (Å²) in [6, 6.07) is 0. The smallest absolute Gasteiger partial charge is 0.237 e. The molecule has 0 unspecified atom stereocenters. The minimum Gasteiger partial charge on any atom is -0.368 e. The zero-order chi connectivity index (χ0) is 18.7. The van der Waals surface area contributed by atoms with E-state index in [0.29, 0.717) is 26.1 Å². The molecule has 1 amide bonds. The molecule has 3 N–H and O–H groups in total. The van der Waals surface area contributed by atoms with Crippen molar-refractivity contribution in [3.05, 3.63) is 0 Å². The number of hydrogen-bond acceptors (Lipinski definition) is 5. The van der Waals surface area contributed by atoms with Crippen LogP contribution in [0.15, 0.2) is 4.99 Å². The number of nitrogens with zero attached hydrogens (tertiary/aromatic N) is 4. The molecule has 0 aromatic carbocycles. The minimum atomic E-state index is -3.06. The van der Waals surface area contributed by atoms with Crippen LogP contribution in [0.5, 0.6) is 0 Å². The highest BCUT2D eigenvalue weighted by Gasteiger charge is 2.35. The zero-order valence-electron chi connectivity index (χ0n) is 15.4. The lowest BCUT2D eigenvalue weighted by Gasteiger charge is -2.43. The van der Waals surface area contributed by atoms with Gasteiger partial charge in [0.1, 0.15) is 0 Å². The molecule has 0 radical (unpaired) electrons. The molecule has 0 spiro atoms. The van der Waals surface area contributed by atoms with Crippen molar-refractivity contribution in [3.63, 3.8) is 0 Å². The third kappa shape index (κ3) is 4.62. The molecule has 0 saturated carbocycles. The summed E-state index contributed by atoms with van der Waals surface area (Å²) >= 11 is 0. The second-order valence-electron chi connectivity index (χ2n) is 6.94. The van der Waals surface area contributed by atoms with Crippen molar-refractivity contribution in [2.45, 2.75) is 25.8 Å². The highest BCUT2D eigenvalue weighted by Crippen LogP contribution is 2.16. The van der Waals surface area contributed by atoms with Crippen LogP contribution in [-0.2, 0) is 14.8 Å². The fourth-order valence-corrected chi connectivity index (χ4v) is 4.73. The summed E-state index contributed by atoms with van der Waals surface area (Å²) in [5.41, 5.74) is 4.83. The van der Waals surface area contributed by atoms with Crippen LogP contribution >= 0.6 is 0 Å². The van der Waals surface area contributed by atoms with Crippen molar-refractivity contribution in [2.24, 2.45) is 10.7 Å². The van der Waals surface area contributed by atoms with E-state index < -0.39 is 15.6 Å². The summed E-state index contributed by atoms with van der Waals surface area (Å²) in [7, 11) is -1.34. The van der Waals surface area contributed by atoms with Gasteiger partial charge in [0, 0.05) is 52.9 Å². The number of aliphatic imine (C=N–C) groups is 1.